The Morgan fingerprint density at radius 2 is 1.75 bits per heavy atom. The maximum Gasteiger partial charge on any atom is 0.191 e. The molecule has 2 rings (SSSR count). The number of guanidine groups is 1. The highest BCUT2D eigenvalue weighted by atomic mass is 19.1. The normalized spacial score (nSPS) is 16.1. The minimum atomic E-state index is -0.173. The maximum atomic E-state index is 13.1. The lowest BCUT2D eigenvalue weighted by molar-refractivity contribution is 0.253. The standard InChI is InChI=1S/C16H24FN3/c1-3-18-15(19-4-2)20-12-16(10-5-11-16)13-6-8-14(17)9-7-13/h6-9H,3-5,10-12H2,1-2H3,(H2,18,19,20). The number of nitrogens with zero attached hydrogens (tertiary/aromatic N) is 1. The second-order valence-corrected chi connectivity index (χ2v) is 5.37. The molecule has 1 saturated carbocycles. The highest BCUT2D eigenvalue weighted by Crippen LogP contribution is 2.43. The molecular weight excluding hydrogens is 253 g/mol. The van der Waals surface area contributed by atoms with Crippen LogP contribution in [0.2, 0.25) is 0 Å². The molecule has 2 N–H and O–H groups in total. The van der Waals surface area contributed by atoms with Crippen LogP contribution in [-0.2, 0) is 5.41 Å². The van der Waals surface area contributed by atoms with Crippen LogP contribution in [0.25, 0.3) is 0 Å². The van der Waals surface area contributed by atoms with Crippen LogP contribution in [0.5, 0.6) is 0 Å². The minimum absolute atomic E-state index is 0.101. The van der Waals surface area contributed by atoms with Gasteiger partial charge in [-0.2, -0.15) is 0 Å². The van der Waals surface area contributed by atoms with Crippen molar-refractivity contribution in [3.05, 3.63) is 35.6 Å². The second-order valence-electron chi connectivity index (χ2n) is 5.37. The first-order valence-corrected chi connectivity index (χ1v) is 7.48. The Kier molecular flexibility index (Phi) is 4.99. The molecule has 0 bridgehead atoms. The van der Waals surface area contributed by atoms with E-state index in [1.807, 2.05) is 12.1 Å². The van der Waals surface area contributed by atoms with E-state index in [4.69, 9.17) is 4.99 Å². The lowest BCUT2D eigenvalue weighted by Gasteiger charge is -2.41. The minimum Gasteiger partial charge on any atom is -0.357 e. The van der Waals surface area contributed by atoms with Gasteiger partial charge in [0.1, 0.15) is 5.82 Å². The quantitative estimate of drug-likeness (QED) is 0.641. The molecule has 0 aromatic heterocycles. The number of hydrogen-bond acceptors (Lipinski definition) is 1. The molecule has 0 heterocycles. The SMILES string of the molecule is CCNC(=NCC1(c2ccc(F)cc2)CCC1)NCC. The lowest BCUT2D eigenvalue weighted by atomic mass is 9.64. The van der Waals surface area contributed by atoms with Gasteiger partial charge in [0.05, 0.1) is 6.54 Å². The Balaban J connectivity index is 2.11. The zero-order valence-corrected chi connectivity index (χ0v) is 12.4. The van der Waals surface area contributed by atoms with Crippen LogP contribution in [0, 0.1) is 5.82 Å². The predicted molar refractivity (Wildman–Crippen MR) is 81.6 cm³/mol. The number of rotatable bonds is 5. The summed E-state index contributed by atoms with van der Waals surface area (Å²) in [7, 11) is 0. The zero-order valence-electron chi connectivity index (χ0n) is 12.4. The summed E-state index contributed by atoms with van der Waals surface area (Å²) in [5, 5.41) is 6.49. The van der Waals surface area contributed by atoms with Crippen LogP contribution in [0.4, 0.5) is 4.39 Å². The zero-order chi connectivity index (χ0) is 14.4. The van der Waals surface area contributed by atoms with E-state index >= 15 is 0 Å². The van der Waals surface area contributed by atoms with Crippen molar-refractivity contribution >= 4 is 5.96 Å². The average Bonchev–Trinajstić information content (AvgIpc) is 2.40. The second kappa shape index (κ2) is 6.73. The molecule has 4 heteroatoms. The molecule has 1 aliphatic carbocycles. The van der Waals surface area contributed by atoms with Gasteiger partial charge in [-0.15, -0.1) is 0 Å². The van der Waals surface area contributed by atoms with Crippen molar-refractivity contribution in [2.45, 2.75) is 38.5 Å². The fourth-order valence-corrected chi connectivity index (χ4v) is 2.68. The van der Waals surface area contributed by atoms with E-state index in [1.54, 1.807) is 12.1 Å². The molecule has 20 heavy (non-hydrogen) atoms. The third-order valence-electron chi connectivity index (χ3n) is 4.00. The molecule has 0 amide bonds. The van der Waals surface area contributed by atoms with Crippen LogP contribution in [-0.4, -0.2) is 25.6 Å². The van der Waals surface area contributed by atoms with Gasteiger partial charge < -0.3 is 10.6 Å². The third-order valence-corrected chi connectivity index (χ3v) is 4.00. The van der Waals surface area contributed by atoms with Crippen molar-refractivity contribution < 1.29 is 4.39 Å². The molecule has 0 atom stereocenters. The summed E-state index contributed by atoms with van der Waals surface area (Å²) in [4.78, 5) is 4.70. The van der Waals surface area contributed by atoms with E-state index in [0.717, 1.165) is 38.4 Å². The lowest BCUT2D eigenvalue weighted by Crippen LogP contribution is -2.41. The topological polar surface area (TPSA) is 36.4 Å². The van der Waals surface area contributed by atoms with Gasteiger partial charge in [-0.3, -0.25) is 4.99 Å². The van der Waals surface area contributed by atoms with Crippen molar-refractivity contribution in [1.29, 1.82) is 0 Å². The highest BCUT2D eigenvalue weighted by Gasteiger charge is 2.38. The molecule has 1 aliphatic rings. The fraction of sp³-hybridized carbons (Fsp3) is 0.562. The summed E-state index contributed by atoms with van der Waals surface area (Å²) < 4.78 is 13.1. The summed E-state index contributed by atoms with van der Waals surface area (Å²) in [5.74, 6) is 0.691. The van der Waals surface area contributed by atoms with Crippen LogP contribution < -0.4 is 10.6 Å². The predicted octanol–water partition coefficient (Wildman–Crippen LogP) is 2.82. The van der Waals surface area contributed by atoms with Gasteiger partial charge in [-0.25, -0.2) is 4.39 Å². The van der Waals surface area contributed by atoms with Gasteiger partial charge in [0.2, 0.25) is 0 Å². The van der Waals surface area contributed by atoms with Crippen molar-refractivity contribution in [1.82, 2.24) is 10.6 Å². The Morgan fingerprint density at radius 3 is 2.20 bits per heavy atom. The van der Waals surface area contributed by atoms with Gasteiger partial charge in [0.25, 0.3) is 0 Å². The van der Waals surface area contributed by atoms with Crippen molar-refractivity contribution in [2.24, 2.45) is 4.99 Å². The van der Waals surface area contributed by atoms with E-state index in [9.17, 15) is 4.39 Å². The smallest absolute Gasteiger partial charge is 0.191 e. The molecular formula is C16H24FN3. The van der Waals surface area contributed by atoms with Crippen LogP contribution in [0.15, 0.2) is 29.3 Å². The monoisotopic (exact) mass is 277 g/mol. The molecule has 0 spiro atoms. The number of halogens is 1. The third kappa shape index (κ3) is 3.30. The Morgan fingerprint density at radius 1 is 1.15 bits per heavy atom. The number of aliphatic imine (C=N–C) groups is 1. The molecule has 0 aliphatic heterocycles. The highest BCUT2D eigenvalue weighted by molar-refractivity contribution is 5.79. The Hall–Kier alpha value is -1.58. The van der Waals surface area contributed by atoms with E-state index in [0.29, 0.717) is 0 Å². The van der Waals surface area contributed by atoms with E-state index < -0.39 is 0 Å². The van der Waals surface area contributed by atoms with Gasteiger partial charge >= 0.3 is 0 Å². The first-order chi connectivity index (χ1) is 9.70. The summed E-state index contributed by atoms with van der Waals surface area (Å²) in [6.07, 6.45) is 3.49. The Labute approximate surface area is 120 Å². The molecule has 1 aromatic carbocycles. The first kappa shape index (κ1) is 14.8. The molecule has 3 nitrogen and oxygen atoms in total. The van der Waals surface area contributed by atoms with E-state index in [-0.39, 0.29) is 11.2 Å². The van der Waals surface area contributed by atoms with E-state index in [2.05, 4.69) is 24.5 Å². The fourth-order valence-electron chi connectivity index (χ4n) is 2.68. The molecule has 1 aromatic rings. The number of benzene rings is 1. The molecule has 0 radical (unpaired) electrons. The summed E-state index contributed by atoms with van der Waals surface area (Å²) in [6, 6.07) is 6.91. The van der Waals surface area contributed by atoms with Crippen molar-refractivity contribution in [3.8, 4) is 0 Å². The summed E-state index contributed by atoms with van der Waals surface area (Å²) in [6.45, 7) is 6.59. The Bertz CT molecular complexity index is 441. The average molecular weight is 277 g/mol. The maximum absolute atomic E-state index is 13.1. The van der Waals surface area contributed by atoms with Gasteiger partial charge in [-0.1, -0.05) is 18.6 Å². The van der Waals surface area contributed by atoms with Gasteiger partial charge in [0.15, 0.2) is 5.96 Å². The number of nitrogens with one attached hydrogen (secondary N) is 2. The van der Waals surface area contributed by atoms with Crippen LogP contribution in [0.3, 0.4) is 0 Å². The molecule has 110 valence electrons. The summed E-state index contributed by atoms with van der Waals surface area (Å²) >= 11 is 0. The molecule has 1 fully saturated rings. The van der Waals surface area contributed by atoms with Crippen molar-refractivity contribution in [2.75, 3.05) is 19.6 Å². The first-order valence-electron chi connectivity index (χ1n) is 7.48. The molecule has 0 saturated heterocycles. The number of hydrogen-bond donors (Lipinski definition) is 2. The summed E-state index contributed by atoms with van der Waals surface area (Å²) in [5.41, 5.74) is 1.31. The van der Waals surface area contributed by atoms with Gasteiger partial charge in [0, 0.05) is 18.5 Å². The van der Waals surface area contributed by atoms with Crippen LogP contribution in [0.1, 0.15) is 38.7 Å². The van der Waals surface area contributed by atoms with E-state index in [1.165, 1.54) is 12.0 Å². The van der Waals surface area contributed by atoms with Gasteiger partial charge in [-0.05, 0) is 44.4 Å². The largest absolute Gasteiger partial charge is 0.357 e. The van der Waals surface area contributed by atoms with Crippen molar-refractivity contribution in [3.63, 3.8) is 0 Å². The molecule has 0 unspecified atom stereocenters. The van der Waals surface area contributed by atoms with Crippen LogP contribution >= 0.6 is 0 Å².